The maximum absolute atomic E-state index is 12.5. The summed E-state index contributed by atoms with van der Waals surface area (Å²) in [5.74, 6) is -0.395. The first-order valence-electron chi connectivity index (χ1n) is 8.45. The van der Waals surface area contributed by atoms with Gasteiger partial charge in [0.2, 0.25) is 5.91 Å². The summed E-state index contributed by atoms with van der Waals surface area (Å²) in [6.45, 7) is 1.58. The molecule has 2 rings (SSSR count). The number of rotatable bonds is 6. The Hall–Kier alpha value is -1.36. The lowest BCUT2D eigenvalue weighted by Gasteiger charge is -2.33. The average Bonchev–Trinajstić information content (AvgIpc) is 2.55. The van der Waals surface area contributed by atoms with E-state index in [-0.39, 0.29) is 24.9 Å². The normalized spacial score (nSPS) is 21.1. The van der Waals surface area contributed by atoms with Crippen LogP contribution in [0.4, 0.5) is 0 Å². The first-order valence-corrected chi connectivity index (χ1v) is 8.45. The fraction of sp³-hybridized carbons (Fsp3) is 0.765. The maximum atomic E-state index is 12.5. The van der Waals surface area contributed by atoms with Gasteiger partial charge in [-0.25, -0.2) is 0 Å². The third kappa shape index (κ3) is 5.44. The van der Waals surface area contributed by atoms with Crippen molar-refractivity contribution in [2.75, 3.05) is 19.8 Å². The van der Waals surface area contributed by atoms with Crippen LogP contribution >= 0.6 is 0 Å². The minimum Gasteiger partial charge on any atom is -0.481 e. The van der Waals surface area contributed by atoms with Crippen LogP contribution in [-0.2, 0) is 14.3 Å². The minimum absolute atomic E-state index is 0.000363. The van der Waals surface area contributed by atoms with Crippen LogP contribution in [0, 0.1) is 5.92 Å². The predicted octanol–water partition coefficient (Wildman–Crippen LogP) is 2.61. The highest BCUT2D eigenvalue weighted by Gasteiger charge is 2.25. The van der Waals surface area contributed by atoms with Crippen molar-refractivity contribution in [1.29, 1.82) is 0 Å². The maximum Gasteiger partial charge on any atom is 0.305 e. The van der Waals surface area contributed by atoms with Crippen LogP contribution < -0.4 is 0 Å². The molecule has 1 saturated carbocycles. The van der Waals surface area contributed by atoms with Crippen molar-refractivity contribution < 1.29 is 19.4 Å². The minimum atomic E-state index is -0.860. The van der Waals surface area contributed by atoms with Gasteiger partial charge in [0.05, 0.1) is 6.42 Å². The number of allylic oxidation sites excluding steroid dienone is 1. The molecule has 0 unspecified atom stereocenters. The highest BCUT2D eigenvalue weighted by atomic mass is 16.5. The van der Waals surface area contributed by atoms with Gasteiger partial charge in [0.15, 0.2) is 0 Å². The molecular weight excluding hydrogens is 282 g/mol. The Bertz CT molecular complexity index is 395. The van der Waals surface area contributed by atoms with Gasteiger partial charge in [-0.15, -0.1) is 0 Å². The first kappa shape index (κ1) is 17.0. The SMILES string of the molecule is O=C(O)CCN(C(=O)/C=C/C1CCCCC1)C1CCOCC1. The molecule has 1 amide bonds. The Morgan fingerprint density at radius 2 is 1.77 bits per heavy atom. The van der Waals surface area contributed by atoms with E-state index in [1.165, 1.54) is 19.3 Å². The van der Waals surface area contributed by atoms with E-state index in [4.69, 9.17) is 9.84 Å². The van der Waals surface area contributed by atoms with E-state index in [2.05, 4.69) is 0 Å². The molecule has 2 aliphatic rings. The second-order valence-electron chi connectivity index (χ2n) is 6.28. The lowest BCUT2D eigenvalue weighted by molar-refractivity contribution is -0.138. The quantitative estimate of drug-likeness (QED) is 0.766. The van der Waals surface area contributed by atoms with Gasteiger partial charge in [0.25, 0.3) is 0 Å². The number of ether oxygens (including phenoxy) is 1. The molecule has 0 bridgehead atoms. The Labute approximate surface area is 132 Å². The van der Waals surface area contributed by atoms with Gasteiger partial charge < -0.3 is 14.7 Å². The van der Waals surface area contributed by atoms with E-state index in [1.54, 1.807) is 11.0 Å². The van der Waals surface area contributed by atoms with Gasteiger partial charge >= 0.3 is 5.97 Å². The molecule has 0 atom stereocenters. The molecule has 0 aromatic rings. The van der Waals surface area contributed by atoms with Crippen molar-refractivity contribution in [2.24, 2.45) is 5.92 Å². The summed E-state index contributed by atoms with van der Waals surface area (Å²) in [7, 11) is 0. The van der Waals surface area contributed by atoms with Crippen LogP contribution in [0.15, 0.2) is 12.2 Å². The smallest absolute Gasteiger partial charge is 0.305 e. The van der Waals surface area contributed by atoms with E-state index in [0.717, 1.165) is 25.7 Å². The van der Waals surface area contributed by atoms with E-state index < -0.39 is 5.97 Å². The molecule has 0 radical (unpaired) electrons. The second-order valence-corrected chi connectivity index (χ2v) is 6.28. The highest BCUT2D eigenvalue weighted by molar-refractivity contribution is 5.88. The zero-order chi connectivity index (χ0) is 15.8. The number of carbonyl (C=O) groups excluding carboxylic acids is 1. The zero-order valence-corrected chi connectivity index (χ0v) is 13.2. The van der Waals surface area contributed by atoms with Crippen LogP contribution in [0.2, 0.25) is 0 Å². The first-order chi connectivity index (χ1) is 10.7. The molecule has 0 aromatic carbocycles. The van der Waals surface area contributed by atoms with Crippen LogP contribution in [-0.4, -0.2) is 47.7 Å². The van der Waals surface area contributed by atoms with E-state index in [0.29, 0.717) is 19.1 Å². The molecule has 1 aliphatic heterocycles. The molecule has 22 heavy (non-hydrogen) atoms. The predicted molar refractivity (Wildman–Crippen MR) is 83.5 cm³/mol. The Kier molecular flexibility index (Phi) is 6.90. The number of hydrogen-bond acceptors (Lipinski definition) is 3. The van der Waals surface area contributed by atoms with Crippen molar-refractivity contribution in [3.8, 4) is 0 Å². The van der Waals surface area contributed by atoms with Crippen molar-refractivity contribution in [3.63, 3.8) is 0 Å². The molecule has 1 heterocycles. The lowest BCUT2D eigenvalue weighted by atomic mass is 9.89. The second kappa shape index (κ2) is 8.93. The number of carboxylic acid groups (broad SMARTS) is 1. The van der Waals surface area contributed by atoms with Crippen molar-refractivity contribution >= 4 is 11.9 Å². The fourth-order valence-corrected chi connectivity index (χ4v) is 3.33. The number of hydrogen-bond donors (Lipinski definition) is 1. The van der Waals surface area contributed by atoms with Crippen LogP contribution in [0.3, 0.4) is 0 Å². The zero-order valence-electron chi connectivity index (χ0n) is 13.2. The molecule has 2 fully saturated rings. The van der Waals surface area contributed by atoms with Crippen molar-refractivity contribution in [2.45, 2.75) is 57.4 Å². The van der Waals surface area contributed by atoms with E-state index in [1.807, 2.05) is 6.08 Å². The topological polar surface area (TPSA) is 66.8 Å². The molecule has 5 nitrogen and oxygen atoms in total. The van der Waals surface area contributed by atoms with Gasteiger partial charge in [0.1, 0.15) is 0 Å². The summed E-state index contributed by atoms with van der Waals surface area (Å²) < 4.78 is 5.34. The van der Waals surface area contributed by atoms with Gasteiger partial charge in [-0.05, 0) is 37.7 Å². The van der Waals surface area contributed by atoms with Gasteiger partial charge in [-0.3, -0.25) is 9.59 Å². The summed E-state index contributed by atoms with van der Waals surface area (Å²) in [4.78, 5) is 25.1. The molecule has 5 heteroatoms. The molecule has 1 saturated heterocycles. The fourth-order valence-electron chi connectivity index (χ4n) is 3.33. The molecular formula is C17H27NO4. The number of carboxylic acids is 1. The molecule has 0 spiro atoms. The number of amides is 1. The lowest BCUT2D eigenvalue weighted by Crippen LogP contribution is -2.43. The monoisotopic (exact) mass is 309 g/mol. The molecule has 1 N–H and O–H groups in total. The van der Waals surface area contributed by atoms with E-state index >= 15 is 0 Å². The summed E-state index contributed by atoms with van der Waals surface area (Å²) in [6, 6.07) is 0.108. The van der Waals surface area contributed by atoms with Gasteiger partial charge in [-0.2, -0.15) is 0 Å². The summed E-state index contributed by atoms with van der Waals surface area (Å²) in [5, 5.41) is 8.90. The number of aliphatic carboxylic acids is 1. The van der Waals surface area contributed by atoms with Crippen LogP contribution in [0.1, 0.15) is 51.4 Å². The molecule has 124 valence electrons. The van der Waals surface area contributed by atoms with E-state index in [9.17, 15) is 9.59 Å². The summed E-state index contributed by atoms with van der Waals surface area (Å²) in [6.07, 6.45) is 11.4. The van der Waals surface area contributed by atoms with Crippen molar-refractivity contribution in [3.05, 3.63) is 12.2 Å². The summed E-state index contributed by atoms with van der Waals surface area (Å²) in [5.41, 5.74) is 0. The van der Waals surface area contributed by atoms with Gasteiger partial charge in [0, 0.05) is 25.8 Å². The molecule has 1 aliphatic carbocycles. The van der Waals surface area contributed by atoms with Crippen LogP contribution in [0.5, 0.6) is 0 Å². The van der Waals surface area contributed by atoms with Gasteiger partial charge in [-0.1, -0.05) is 25.3 Å². The Morgan fingerprint density at radius 3 is 2.41 bits per heavy atom. The third-order valence-corrected chi connectivity index (χ3v) is 4.64. The highest BCUT2D eigenvalue weighted by Crippen LogP contribution is 2.24. The Balaban J connectivity index is 1.94. The summed E-state index contributed by atoms with van der Waals surface area (Å²) >= 11 is 0. The third-order valence-electron chi connectivity index (χ3n) is 4.64. The number of nitrogens with zero attached hydrogens (tertiary/aromatic N) is 1. The number of carbonyl (C=O) groups is 2. The van der Waals surface area contributed by atoms with Crippen molar-refractivity contribution in [1.82, 2.24) is 4.90 Å². The average molecular weight is 309 g/mol. The largest absolute Gasteiger partial charge is 0.481 e. The standard InChI is InChI=1S/C17H27NO4/c19-16(7-6-14-4-2-1-3-5-14)18(11-8-17(20)21)15-9-12-22-13-10-15/h6-7,14-15H,1-5,8-13H2,(H,20,21)/b7-6+. The molecule has 0 aromatic heterocycles. The Morgan fingerprint density at radius 1 is 1.09 bits per heavy atom. The van der Waals surface area contributed by atoms with Crippen LogP contribution in [0.25, 0.3) is 0 Å².